The summed E-state index contributed by atoms with van der Waals surface area (Å²) in [6, 6.07) is 17.3. The molecule has 0 bridgehead atoms. The van der Waals surface area contributed by atoms with Crippen molar-refractivity contribution in [1.29, 1.82) is 0 Å². The normalized spacial score (nSPS) is 15.8. The molecule has 158 valence electrons. The smallest absolute Gasteiger partial charge is 0.191 e. The van der Waals surface area contributed by atoms with Crippen LogP contribution < -0.4 is 15.4 Å². The van der Waals surface area contributed by atoms with Gasteiger partial charge in [0, 0.05) is 20.0 Å². The summed E-state index contributed by atoms with van der Waals surface area (Å²) < 4.78 is 30.4. The van der Waals surface area contributed by atoms with Gasteiger partial charge in [-0.3, -0.25) is 4.99 Å². The van der Waals surface area contributed by atoms with Gasteiger partial charge in [-0.15, -0.1) is 24.0 Å². The van der Waals surface area contributed by atoms with Crippen LogP contribution in [0.25, 0.3) is 0 Å². The number of rotatable bonds is 8. The molecule has 0 saturated carbocycles. The fourth-order valence-electron chi connectivity index (χ4n) is 3.20. The third-order valence-electron chi connectivity index (χ3n) is 4.59. The summed E-state index contributed by atoms with van der Waals surface area (Å²) in [5, 5.41) is 6.42. The van der Waals surface area contributed by atoms with Gasteiger partial charge in [0.15, 0.2) is 15.8 Å². The van der Waals surface area contributed by atoms with Crippen LogP contribution in [0.5, 0.6) is 5.75 Å². The van der Waals surface area contributed by atoms with Crippen LogP contribution in [0.3, 0.4) is 0 Å². The van der Waals surface area contributed by atoms with Gasteiger partial charge in [-0.2, -0.15) is 0 Å². The van der Waals surface area contributed by atoms with Crippen molar-refractivity contribution >= 4 is 39.8 Å². The van der Waals surface area contributed by atoms with Crippen LogP contribution in [0, 0.1) is 0 Å². The highest BCUT2D eigenvalue weighted by Crippen LogP contribution is 2.27. The van der Waals surface area contributed by atoms with Gasteiger partial charge >= 0.3 is 0 Å². The number of fused-ring (bicyclic) bond motifs is 1. The van der Waals surface area contributed by atoms with Gasteiger partial charge in [-0.1, -0.05) is 48.5 Å². The molecule has 8 heteroatoms. The standard InChI is InChI=1S/C21H27N3O3S.HI/c1-22-21(24-15-19-14-18-10-5-6-11-20(18)27-19)23-12-7-13-28(25,26)16-17-8-3-2-4-9-17;/h2-6,8-11,19H,7,12-16H2,1H3,(H2,22,23,24);1H. The lowest BCUT2D eigenvalue weighted by Crippen LogP contribution is -2.42. The molecule has 2 aromatic carbocycles. The average molecular weight is 529 g/mol. The summed E-state index contributed by atoms with van der Waals surface area (Å²) in [4.78, 5) is 4.19. The SMILES string of the molecule is CN=C(NCCCS(=O)(=O)Cc1ccccc1)NCC1Cc2ccccc2O1.I. The molecule has 0 aromatic heterocycles. The number of halogens is 1. The summed E-state index contributed by atoms with van der Waals surface area (Å²) in [6.07, 6.45) is 1.47. The minimum absolute atomic E-state index is 0. The van der Waals surface area contributed by atoms with E-state index < -0.39 is 9.84 Å². The molecule has 0 fully saturated rings. The highest BCUT2D eigenvalue weighted by atomic mass is 127. The zero-order valence-electron chi connectivity index (χ0n) is 16.5. The average Bonchev–Trinajstić information content (AvgIpc) is 3.11. The van der Waals surface area contributed by atoms with Crippen molar-refractivity contribution in [2.45, 2.75) is 24.7 Å². The molecule has 0 saturated heterocycles. The van der Waals surface area contributed by atoms with Gasteiger partial charge in [0.1, 0.15) is 11.9 Å². The molecule has 0 radical (unpaired) electrons. The van der Waals surface area contributed by atoms with Crippen LogP contribution in [0.2, 0.25) is 0 Å². The maximum absolute atomic E-state index is 12.2. The highest BCUT2D eigenvalue weighted by molar-refractivity contribution is 14.0. The monoisotopic (exact) mass is 529 g/mol. The second-order valence-corrected chi connectivity index (χ2v) is 9.05. The number of nitrogens with one attached hydrogen (secondary N) is 2. The third kappa shape index (κ3) is 7.50. The summed E-state index contributed by atoms with van der Waals surface area (Å²) >= 11 is 0. The van der Waals surface area contributed by atoms with Crippen LogP contribution in [-0.2, 0) is 22.0 Å². The molecular weight excluding hydrogens is 501 g/mol. The van der Waals surface area contributed by atoms with Crippen LogP contribution >= 0.6 is 24.0 Å². The van der Waals surface area contributed by atoms with Crippen molar-refractivity contribution in [2.75, 3.05) is 25.9 Å². The molecule has 1 aliphatic rings. The van der Waals surface area contributed by atoms with E-state index in [1.54, 1.807) is 7.05 Å². The van der Waals surface area contributed by atoms with Gasteiger partial charge < -0.3 is 15.4 Å². The summed E-state index contributed by atoms with van der Waals surface area (Å²) in [5.74, 6) is 1.83. The Hall–Kier alpha value is -1.81. The van der Waals surface area contributed by atoms with Crippen molar-refractivity contribution < 1.29 is 13.2 Å². The van der Waals surface area contributed by atoms with Crippen LogP contribution in [0.15, 0.2) is 59.6 Å². The minimum atomic E-state index is -3.12. The van der Waals surface area contributed by atoms with Gasteiger partial charge in [0.2, 0.25) is 0 Å². The third-order valence-corrected chi connectivity index (χ3v) is 6.27. The molecule has 2 N–H and O–H groups in total. The number of hydrogen-bond acceptors (Lipinski definition) is 4. The molecule has 2 aromatic rings. The second kappa shape index (κ2) is 11.4. The van der Waals surface area contributed by atoms with Crippen molar-refractivity contribution in [3.05, 3.63) is 65.7 Å². The molecule has 0 aliphatic carbocycles. The number of hydrogen-bond donors (Lipinski definition) is 2. The Kier molecular flexibility index (Phi) is 9.22. The number of para-hydroxylation sites is 1. The minimum Gasteiger partial charge on any atom is -0.488 e. The van der Waals surface area contributed by atoms with Crippen LogP contribution in [0.1, 0.15) is 17.5 Å². The second-order valence-electron chi connectivity index (χ2n) is 6.86. The van der Waals surface area contributed by atoms with E-state index >= 15 is 0 Å². The number of benzene rings is 2. The van der Waals surface area contributed by atoms with E-state index in [0.29, 0.717) is 25.5 Å². The van der Waals surface area contributed by atoms with E-state index in [1.165, 1.54) is 5.56 Å². The molecule has 29 heavy (non-hydrogen) atoms. The fraction of sp³-hybridized carbons (Fsp3) is 0.381. The molecule has 1 unspecified atom stereocenters. The maximum atomic E-state index is 12.2. The molecule has 6 nitrogen and oxygen atoms in total. The van der Waals surface area contributed by atoms with Gasteiger partial charge in [0.05, 0.1) is 18.1 Å². The van der Waals surface area contributed by atoms with Crippen LogP contribution in [-0.4, -0.2) is 46.4 Å². The van der Waals surface area contributed by atoms with Crippen molar-refractivity contribution in [2.24, 2.45) is 4.99 Å². The zero-order chi connectivity index (χ0) is 19.8. The number of sulfone groups is 1. The quantitative estimate of drug-likeness (QED) is 0.238. The van der Waals surface area contributed by atoms with Gasteiger partial charge in [-0.25, -0.2) is 8.42 Å². The number of aliphatic imine (C=N–C) groups is 1. The molecule has 3 rings (SSSR count). The van der Waals surface area contributed by atoms with E-state index in [-0.39, 0.29) is 41.6 Å². The Morgan fingerprint density at radius 3 is 2.55 bits per heavy atom. The Morgan fingerprint density at radius 1 is 1.10 bits per heavy atom. The highest BCUT2D eigenvalue weighted by Gasteiger charge is 2.22. The fourth-order valence-corrected chi connectivity index (χ4v) is 4.63. The Balaban J connectivity index is 0.00000300. The largest absolute Gasteiger partial charge is 0.488 e. The van der Waals surface area contributed by atoms with E-state index in [0.717, 1.165) is 17.7 Å². The van der Waals surface area contributed by atoms with Crippen molar-refractivity contribution in [3.8, 4) is 5.75 Å². The predicted molar refractivity (Wildman–Crippen MR) is 128 cm³/mol. The van der Waals surface area contributed by atoms with Gasteiger partial charge in [-0.05, 0) is 23.6 Å². The predicted octanol–water partition coefficient (Wildman–Crippen LogP) is 2.78. The Bertz CT molecular complexity index is 879. The first-order valence-electron chi connectivity index (χ1n) is 9.49. The molecular formula is C21H28IN3O3S. The first kappa shape index (κ1) is 23.5. The lowest BCUT2D eigenvalue weighted by Gasteiger charge is -2.15. The number of guanidine groups is 1. The molecule has 0 amide bonds. The van der Waals surface area contributed by atoms with E-state index in [1.807, 2.05) is 48.5 Å². The topological polar surface area (TPSA) is 79.8 Å². The van der Waals surface area contributed by atoms with E-state index in [9.17, 15) is 8.42 Å². The zero-order valence-corrected chi connectivity index (χ0v) is 19.7. The summed E-state index contributed by atoms with van der Waals surface area (Å²) in [5.41, 5.74) is 2.05. The number of ether oxygens (including phenoxy) is 1. The number of nitrogens with zero attached hydrogens (tertiary/aromatic N) is 1. The first-order valence-corrected chi connectivity index (χ1v) is 11.3. The first-order chi connectivity index (χ1) is 13.6. The Morgan fingerprint density at radius 2 is 1.83 bits per heavy atom. The summed E-state index contributed by atoms with van der Waals surface area (Å²) in [6.45, 7) is 1.18. The van der Waals surface area contributed by atoms with E-state index in [4.69, 9.17) is 4.74 Å². The van der Waals surface area contributed by atoms with Gasteiger partial charge in [0.25, 0.3) is 0 Å². The van der Waals surface area contributed by atoms with Crippen LogP contribution in [0.4, 0.5) is 0 Å². The molecule has 1 aliphatic heterocycles. The lowest BCUT2D eigenvalue weighted by molar-refractivity contribution is 0.235. The molecule has 1 heterocycles. The molecule has 0 spiro atoms. The Labute approximate surface area is 190 Å². The van der Waals surface area contributed by atoms with E-state index in [2.05, 4.69) is 21.7 Å². The molecule has 1 atom stereocenters. The summed E-state index contributed by atoms with van der Waals surface area (Å²) in [7, 11) is -1.42. The lowest BCUT2D eigenvalue weighted by atomic mass is 10.1. The van der Waals surface area contributed by atoms with Crippen molar-refractivity contribution in [3.63, 3.8) is 0 Å². The van der Waals surface area contributed by atoms with Crippen molar-refractivity contribution in [1.82, 2.24) is 10.6 Å². The maximum Gasteiger partial charge on any atom is 0.191 e.